The molecule has 0 bridgehead atoms. The molecule has 0 aromatic carbocycles. The lowest BCUT2D eigenvalue weighted by Crippen LogP contribution is -2.12. The van der Waals surface area contributed by atoms with Gasteiger partial charge < -0.3 is 10.4 Å². The molecule has 0 unspecified atom stereocenters. The van der Waals surface area contributed by atoms with Crippen LogP contribution in [0, 0.1) is 5.92 Å². The molecule has 2 N–H and O–H groups in total. The van der Waals surface area contributed by atoms with Crippen LogP contribution in [0.2, 0.25) is 0 Å². The number of anilines is 1. The fourth-order valence-electron chi connectivity index (χ4n) is 1.57. The van der Waals surface area contributed by atoms with Crippen LogP contribution in [0.4, 0.5) is 5.82 Å². The SMILES string of the molecule is CC(C)CNc1cc(C(=O)O)nc(-c2ccccn2)n1. The van der Waals surface area contributed by atoms with Crippen molar-refractivity contribution < 1.29 is 9.90 Å². The number of nitrogens with one attached hydrogen (secondary N) is 1. The molecule has 0 aliphatic heterocycles. The van der Waals surface area contributed by atoms with Gasteiger partial charge in [0, 0.05) is 18.8 Å². The first kappa shape index (κ1) is 13.9. The molecule has 0 spiro atoms. The Morgan fingerprint density at radius 1 is 1.35 bits per heavy atom. The van der Waals surface area contributed by atoms with Crippen molar-refractivity contribution in [2.45, 2.75) is 13.8 Å². The van der Waals surface area contributed by atoms with E-state index >= 15 is 0 Å². The Morgan fingerprint density at radius 2 is 2.15 bits per heavy atom. The third-order valence-electron chi connectivity index (χ3n) is 2.53. The highest BCUT2D eigenvalue weighted by Gasteiger charge is 2.12. The Kier molecular flexibility index (Phi) is 4.24. The second-order valence-corrected chi connectivity index (χ2v) is 4.76. The van der Waals surface area contributed by atoms with Gasteiger partial charge in [0.25, 0.3) is 0 Å². The van der Waals surface area contributed by atoms with Gasteiger partial charge in [0.15, 0.2) is 11.5 Å². The third kappa shape index (κ3) is 3.50. The highest BCUT2D eigenvalue weighted by atomic mass is 16.4. The normalized spacial score (nSPS) is 10.6. The number of carboxylic acids is 1. The molecule has 0 radical (unpaired) electrons. The van der Waals surface area contributed by atoms with Crippen LogP contribution in [0.3, 0.4) is 0 Å². The minimum atomic E-state index is -1.09. The van der Waals surface area contributed by atoms with E-state index in [4.69, 9.17) is 5.11 Å². The first-order valence-corrected chi connectivity index (χ1v) is 6.34. The number of nitrogens with zero attached hydrogens (tertiary/aromatic N) is 3. The maximum absolute atomic E-state index is 11.1. The lowest BCUT2D eigenvalue weighted by molar-refractivity contribution is 0.0690. The lowest BCUT2D eigenvalue weighted by atomic mass is 10.2. The van der Waals surface area contributed by atoms with Crippen LogP contribution in [0.1, 0.15) is 24.3 Å². The molecule has 0 saturated heterocycles. The van der Waals surface area contributed by atoms with Crippen molar-refractivity contribution in [3.63, 3.8) is 0 Å². The van der Waals surface area contributed by atoms with Gasteiger partial charge in [-0.25, -0.2) is 14.8 Å². The van der Waals surface area contributed by atoms with E-state index in [-0.39, 0.29) is 5.69 Å². The van der Waals surface area contributed by atoms with Crippen molar-refractivity contribution >= 4 is 11.8 Å². The van der Waals surface area contributed by atoms with Crippen molar-refractivity contribution in [2.75, 3.05) is 11.9 Å². The number of hydrogen-bond acceptors (Lipinski definition) is 5. The Labute approximate surface area is 116 Å². The molecule has 0 aliphatic rings. The summed E-state index contributed by atoms with van der Waals surface area (Å²) < 4.78 is 0. The van der Waals surface area contributed by atoms with Gasteiger partial charge in [0.2, 0.25) is 0 Å². The second kappa shape index (κ2) is 6.10. The summed E-state index contributed by atoms with van der Waals surface area (Å²) in [6.45, 7) is 4.83. The molecule has 0 amide bonds. The first-order valence-electron chi connectivity index (χ1n) is 6.34. The van der Waals surface area contributed by atoms with E-state index in [0.29, 0.717) is 29.8 Å². The quantitative estimate of drug-likeness (QED) is 0.868. The molecule has 6 nitrogen and oxygen atoms in total. The van der Waals surface area contributed by atoms with E-state index in [1.807, 2.05) is 0 Å². The minimum absolute atomic E-state index is 0.0492. The van der Waals surface area contributed by atoms with E-state index in [9.17, 15) is 4.79 Å². The maximum Gasteiger partial charge on any atom is 0.354 e. The Hall–Kier alpha value is -2.50. The summed E-state index contributed by atoms with van der Waals surface area (Å²) in [4.78, 5) is 23.6. The summed E-state index contributed by atoms with van der Waals surface area (Å²) in [5, 5.41) is 12.2. The van der Waals surface area contributed by atoms with Crippen LogP contribution in [-0.4, -0.2) is 32.6 Å². The predicted octanol–water partition coefficient (Wildman–Crippen LogP) is 2.30. The zero-order chi connectivity index (χ0) is 14.5. The molecule has 0 aliphatic carbocycles. The van der Waals surface area contributed by atoms with Crippen molar-refractivity contribution in [3.05, 3.63) is 36.2 Å². The molecule has 2 aromatic rings. The molecule has 20 heavy (non-hydrogen) atoms. The predicted molar refractivity (Wildman–Crippen MR) is 75.6 cm³/mol. The summed E-state index contributed by atoms with van der Waals surface area (Å²) in [5.74, 6) is 0.136. The third-order valence-corrected chi connectivity index (χ3v) is 2.53. The van der Waals surface area contributed by atoms with Gasteiger partial charge in [-0.15, -0.1) is 0 Å². The summed E-state index contributed by atoms with van der Waals surface area (Å²) in [7, 11) is 0. The highest BCUT2D eigenvalue weighted by molar-refractivity contribution is 5.86. The van der Waals surface area contributed by atoms with Crippen molar-refractivity contribution in [3.8, 4) is 11.5 Å². The van der Waals surface area contributed by atoms with Gasteiger partial charge in [-0.1, -0.05) is 19.9 Å². The molecule has 2 rings (SSSR count). The summed E-state index contributed by atoms with van der Waals surface area (Å²) >= 11 is 0. The number of carbonyl (C=O) groups is 1. The average Bonchev–Trinajstić information content (AvgIpc) is 2.45. The number of aromatic carboxylic acids is 1. The maximum atomic E-state index is 11.1. The number of hydrogen-bond donors (Lipinski definition) is 2. The van der Waals surface area contributed by atoms with Crippen LogP contribution < -0.4 is 5.32 Å². The van der Waals surface area contributed by atoms with Gasteiger partial charge in [0.1, 0.15) is 11.5 Å². The van der Waals surface area contributed by atoms with Crippen molar-refractivity contribution in [1.29, 1.82) is 0 Å². The van der Waals surface area contributed by atoms with Crippen molar-refractivity contribution in [1.82, 2.24) is 15.0 Å². The van der Waals surface area contributed by atoms with Gasteiger partial charge in [0.05, 0.1) is 0 Å². The Balaban J connectivity index is 2.38. The first-order chi connectivity index (χ1) is 9.56. The summed E-state index contributed by atoms with van der Waals surface area (Å²) in [6, 6.07) is 6.76. The molecule has 2 heterocycles. The van der Waals surface area contributed by atoms with Gasteiger partial charge in [-0.3, -0.25) is 4.98 Å². The van der Waals surface area contributed by atoms with Crippen LogP contribution in [0.15, 0.2) is 30.5 Å². The molecule has 0 atom stereocenters. The van der Waals surface area contributed by atoms with Crippen LogP contribution in [-0.2, 0) is 0 Å². The smallest absolute Gasteiger partial charge is 0.354 e. The minimum Gasteiger partial charge on any atom is -0.477 e. The molecule has 6 heteroatoms. The molecule has 0 fully saturated rings. The highest BCUT2D eigenvalue weighted by Crippen LogP contribution is 2.16. The second-order valence-electron chi connectivity index (χ2n) is 4.76. The van der Waals surface area contributed by atoms with E-state index in [2.05, 4.69) is 34.1 Å². The fourth-order valence-corrected chi connectivity index (χ4v) is 1.57. The summed E-state index contributed by atoms with van der Waals surface area (Å²) in [5.41, 5.74) is 0.495. The average molecular weight is 272 g/mol. The van der Waals surface area contributed by atoms with Crippen molar-refractivity contribution in [2.24, 2.45) is 5.92 Å². The van der Waals surface area contributed by atoms with Crippen LogP contribution in [0.5, 0.6) is 0 Å². The molecule has 104 valence electrons. The van der Waals surface area contributed by atoms with Gasteiger partial charge >= 0.3 is 5.97 Å². The van der Waals surface area contributed by atoms with E-state index in [1.165, 1.54) is 6.07 Å². The largest absolute Gasteiger partial charge is 0.477 e. The molecular formula is C14H16N4O2. The zero-order valence-corrected chi connectivity index (χ0v) is 11.4. The van der Waals surface area contributed by atoms with E-state index in [0.717, 1.165) is 0 Å². The number of carboxylic acid groups (broad SMARTS) is 1. The standard InChI is InChI=1S/C14H16N4O2/c1-9(2)8-16-12-7-11(14(19)20)17-13(18-12)10-5-3-4-6-15-10/h3-7,9H,8H2,1-2H3,(H,19,20)(H,16,17,18). The number of pyridine rings is 1. The van der Waals surface area contributed by atoms with Gasteiger partial charge in [-0.05, 0) is 18.1 Å². The summed E-state index contributed by atoms with van der Waals surface area (Å²) in [6.07, 6.45) is 1.62. The van der Waals surface area contributed by atoms with Gasteiger partial charge in [-0.2, -0.15) is 0 Å². The molecule has 0 saturated carbocycles. The zero-order valence-electron chi connectivity index (χ0n) is 11.4. The fraction of sp³-hybridized carbons (Fsp3) is 0.286. The molecule has 2 aromatic heterocycles. The molecular weight excluding hydrogens is 256 g/mol. The Bertz CT molecular complexity index is 599. The van der Waals surface area contributed by atoms with E-state index < -0.39 is 5.97 Å². The number of aromatic nitrogens is 3. The van der Waals surface area contributed by atoms with E-state index in [1.54, 1.807) is 24.4 Å². The van der Waals surface area contributed by atoms with Crippen LogP contribution in [0.25, 0.3) is 11.5 Å². The topological polar surface area (TPSA) is 88.0 Å². The number of rotatable bonds is 5. The lowest BCUT2D eigenvalue weighted by Gasteiger charge is -2.10. The monoisotopic (exact) mass is 272 g/mol. The van der Waals surface area contributed by atoms with Crippen LogP contribution >= 0.6 is 0 Å². The Morgan fingerprint density at radius 3 is 2.75 bits per heavy atom.